The number of carbonyl (C=O) groups is 2. The summed E-state index contributed by atoms with van der Waals surface area (Å²) in [4.78, 5) is 39.3. The SMILES string of the molecule is CCCCCCCCCCCCC(=O)OC[C@H]1O[C@@H](n2cnc3c(N)ncnc32)[C@H](OC2CCCCO2)[C@@H]1OC(=O)CCCCCCCCCCCC. The first-order valence-corrected chi connectivity index (χ1v) is 21.2. The largest absolute Gasteiger partial charge is 0.463 e. The van der Waals surface area contributed by atoms with E-state index in [1.807, 2.05) is 0 Å². The Morgan fingerprint density at radius 1 is 0.755 bits per heavy atom. The van der Waals surface area contributed by atoms with Crippen molar-refractivity contribution in [3.8, 4) is 0 Å². The van der Waals surface area contributed by atoms with Crippen LogP contribution in [-0.4, -0.2) is 69.3 Å². The Morgan fingerprint density at radius 3 is 1.92 bits per heavy atom. The highest BCUT2D eigenvalue weighted by molar-refractivity contribution is 5.81. The molecule has 2 saturated heterocycles. The van der Waals surface area contributed by atoms with Crippen LogP contribution in [0.5, 0.6) is 0 Å². The van der Waals surface area contributed by atoms with Gasteiger partial charge in [0.05, 0.1) is 6.33 Å². The lowest BCUT2D eigenvalue weighted by atomic mass is 10.1. The number of hydrogen-bond acceptors (Lipinski definition) is 11. The zero-order valence-electron chi connectivity index (χ0n) is 32.9. The molecule has 0 radical (unpaired) electrons. The van der Waals surface area contributed by atoms with Gasteiger partial charge < -0.3 is 29.4 Å². The molecular formula is C41H69N5O7. The van der Waals surface area contributed by atoms with E-state index < -0.39 is 30.8 Å². The lowest BCUT2D eigenvalue weighted by molar-refractivity contribution is -0.219. The van der Waals surface area contributed by atoms with Gasteiger partial charge >= 0.3 is 11.9 Å². The molecule has 0 aliphatic carbocycles. The third-order valence-electron chi connectivity index (χ3n) is 10.5. The third-order valence-corrected chi connectivity index (χ3v) is 10.5. The molecule has 4 rings (SSSR count). The van der Waals surface area contributed by atoms with E-state index in [0.29, 0.717) is 37.0 Å². The molecule has 2 aromatic heterocycles. The molecule has 12 heteroatoms. The summed E-state index contributed by atoms with van der Waals surface area (Å²) in [6.07, 6.45) is 26.3. The van der Waals surface area contributed by atoms with Crippen LogP contribution in [-0.2, 0) is 33.3 Å². The molecule has 0 aromatic carbocycles. The van der Waals surface area contributed by atoms with Gasteiger partial charge in [-0.3, -0.25) is 14.2 Å². The van der Waals surface area contributed by atoms with Crippen molar-refractivity contribution in [2.24, 2.45) is 0 Å². The molecule has 12 nitrogen and oxygen atoms in total. The number of ether oxygens (including phenoxy) is 5. The first-order valence-electron chi connectivity index (χ1n) is 21.2. The van der Waals surface area contributed by atoms with Gasteiger partial charge in [0.2, 0.25) is 0 Å². The summed E-state index contributed by atoms with van der Waals surface area (Å²) in [5.74, 6) is -0.355. The molecule has 5 atom stereocenters. The average molecular weight is 744 g/mol. The highest BCUT2D eigenvalue weighted by Crippen LogP contribution is 2.38. The summed E-state index contributed by atoms with van der Waals surface area (Å²) in [5, 5.41) is 0. The van der Waals surface area contributed by atoms with Crippen molar-refractivity contribution in [2.75, 3.05) is 18.9 Å². The fraction of sp³-hybridized carbons (Fsp3) is 0.829. The summed E-state index contributed by atoms with van der Waals surface area (Å²) in [6, 6.07) is 0. The number of nitrogens with zero attached hydrogens (tertiary/aromatic N) is 4. The lowest BCUT2D eigenvalue weighted by Gasteiger charge is -2.31. The lowest BCUT2D eigenvalue weighted by Crippen LogP contribution is -2.43. The Balaban J connectivity index is 1.35. The number of nitrogens with two attached hydrogens (primary N) is 1. The van der Waals surface area contributed by atoms with Crippen molar-refractivity contribution in [3.63, 3.8) is 0 Å². The number of nitrogen functional groups attached to an aromatic ring is 1. The normalized spacial score (nSPS) is 21.7. The monoisotopic (exact) mass is 744 g/mol. The van der Waals surface area contributed by atoms with Gasteiger partial charge in [0.1, 0.15) is 30.7 Å². The minimum atomic E-state index is -0.845. The molecule has 53 heavy (non-hydrogen) atoms. The van der Waals surface area contributed by atoms with Crippen molar-refractivity contribution in [3.05, 3.63) is 12.7 Å². The van der Waals surface area contributed by atoms with Gasteiger partial charge in [-0.15, -0.1) is 0 Å². The molecule has 300 valence electrons. The molecule has 0 bridgehead atoms. The fourth-order valence-corrected chi connectivity index (χ4v) is 7.37. The van der Waals surface area contributed by atoms with Gasteiger partial charge in [0.25, 0.3) is 0 Å². The molecule has 4 heterocycles. The molecule has 0 saturated carbocycles. The number of carbonyl (C=O) groups excluding carboxylic acids is 2. The van der Waals surface area contributed by atoms with Crippen LogP contribution in [0.1, 0.15) is 181 Å². The van der Waals surface area contributed by atoms with E-state index in [2.05, 4.69) is 28.8 Å². The number of aromatic nitrogens is 4. The zero-order chi connectivity index (χ0) is 37.5. The number of imidazole rings is 1. The molecular weight excluding hydrogens is 674 g/mol. The Kier molecular flexibility index (Phi) is 20.5. The van der Waals surface area contributed by atoms with E-state index in [1.165, 1.54) is 96.2 Å². The molecule has 1 unspecified atom stereocenters. The molecule has 2 aromatic rings. The topological polar surface area (TPSA) is 150 Å². The minimum absolute atomic E-state index is 0.0710. The summed E-state index contributed by atoms with van der Waals surface area (Å²) < 4.78 is 32.8. The first kappa shape index (κ1) is 42.9. The Hall–Kier alpha value is -2.83. The molecule has 0 amide bonds. The van der Waals surface area contributed by atoms with E-state index >= 15 is 0 Å². The van der Waals surface area contributed by atoms with Gasteiger partial charge in [0.15, 0.2) is 30.1 Å². The highest BCUT2D eigenvalue weighted by atomic mass is 16.7. The van der Waals surface area contributed by atoms with Gasteiger partial charge in [-0.2, -0.15) is 0 Å². The van der Waals surface area contributed by atoms with Crippen molar-refractivity contribution in [2.45, 2.75) is 205 Å². The standard InChI is InChI=1S/C41H69N5O7/c1-3-5-7-9-11-13-15-17-19-21-25-33(47)50-29-32-37(52-34(48)26-22-20-18-16-14-12-10-8-6-4-2)38(53-35-27-23-24-28-49-35)41(51-32)46-31-45-36-39(42)43-30-44-40(36)46/h30-32,35,37-38,41H,3-29H2,1-2H3,(H2,42,43,44)/t32-,35?,37-,38-,41-/m1/s1. The predicted octanol–water partition coefficient (Wildman–Crippen LogP) is 9.29. The van der Waals surface area contributed by atoms with Crippen LogP contribution < -0.4 is 5.73 Å². The molecule has 2 N–H and O–H groups in total. The number of anilines is 1. The van der Waals surface area contributed by atoms with Gasteiger partial charge in [-0.1, -0.05) is 129 Å². The van der Waals surface area contributed by atoms with E-state index in [0.717, 1.165) is 51.4 Å². The quantitative estimate of drug-likeness (QED) is 0.0656. The minimum Gasteiger partial charge on any atom is -0.463 e. The van der Waals surface area contributed by atoms with Crippen molar-refractivity contribution in [1.82, 2.24) is 19.5 Å². The van der Waals surface area contributed by atoms with Crippen LogP contribution in [0.4, 0.5) is 5.82 Å². The molecule has 2 aliphatic heterocycles. The zero-order valence-corrected chi connectivity index (χ0v) is 32.9. The molecule has 2 aliphatic rings. The van der Waals surface area contributed by atoms with E-state index in [9.17, 15) is 9.59 Å². The summed E-state index contributed by atoms with van der Waals surface area (Å²) in [7, 11) is 0. The van der Waals surface area contributed by atoms with Crippen LogP contribution in [0.3, 0.4) is 0 Å². The maximum atomic E-state index is 13.4. The fourth-order valence-electron chi connectivity index (χ4n) is 7.37. The maximum absolute atomic E-state index is 13.4. The number of unbranched alkanes of at least 4 members (excludes halogenated alkanes) is 18. The second-order valence-electron chi connectivity index (χ2n) is 15.0. The van der Waals surface area contributed by atoms with Gasteiger partial charge in [-0.05, 0) is 32.1 Å². The Labute approximate surface area is 318 Å². The highest BCUT2D eigenvalue weighted by Gasteiger charge is 2.51. The van der Waals surface area contributed by atoms with Crippen LogP contribution >= 0.6 is 0 Å². The van der Waals surface area contributed by atoms with Gasteiger partial charge in [0, 0.05) is 19.4 Å². The number of hydrogen-bond donors (Lipinski definition) is 1. The van der Waals surface area contributed by atoms with Crippen molar-refractivity contribution in [1.29, 1.82) is 0 Å². The summed E-state index contributed by atoms with van der Waals surface area (Å²) >= 11 is 0. The number of esters is 2. The van der Waals surface area contributed by atoms with E-state index in [1.54, 1.807) is 10.9 Å². The van der Waals surface area contributed by atoms with Gasteiger partial charge in [-0.25, -0.2) is 15.0 Å². The number of fused-ring (bicyclic) bond motifs is 1. The average Bonchev–Trinajstić information content (AvgIpc) is 3.74. The van der Waals surface area contributed by atoms with Crippen molar-refractivity contribution >= 4 is 28.9 Å². The third kappa shape index (κ3) is 15.1. The first-order chi connectivity index (χ1) is 26.0. The summed E-state index contributed by atoms with van der Waals surface area (Å²) in [5.41, 5.74) is 7.02. The van der Waals surface area contributed by atoms with Crippen LogP contribution in [0.25, 0.3) is 11.2 Å². The Bertz CT molecular complexity index is 1300. The second-order valence-corrected chi connectivity index (χ2v) is 15.0. The predicted molar refractivity (Wildman–Crippen MR) is 206 cm³/mol. The van der Waals surface area contributed by atoms with Crippen LogP contribution in [0, 0.1) is 0 Å². The molecule has 0 spiro atoms. The van der Waals surface area contributed by atoms with E-state index in [4.69, 9.17) is 29.4 Å². The van der Waals surface area contributed by atoms with Crippen LogP contribution in [0.2, 0.25) is 0 Å². The second kappa shape index (κ2) is 25.3. The number of rotatable bonds is 28. The van der Waals surface area contributed by atoms with E-state index in [-0.39, 0.29) is 24.4 Å². The maximum Gasteiger partial charge on any atom is 0.306 e. The smallest absolute Gasteiger partial charge is 0.306 e. The molecule has 2 fully saturated rings. The van der Waals surface area contributed by atoms with Crippen molar-refractivity contribution < 1.29 is 33.3 Å². The Morgan fingerprint density at radius 2 is 1.34 bits per heavy atom. The summed E-state index contributed by atoms with van der Waals surface area (Å²) in [6.45, 7) is 5.00. The van der Waals surface area contributed by atoms with Crippen LogP contribution in [0.15, 0.2) is 12.7 Å².